The summed E-state index contributed by atoms with van der Waals surface area (Å²) in [5, 5.41) is 0. The number of carbonyl (C=O) groups is 1. The first-order valence-corrected chi connectivity index (χ1v) is 7.57. The number of Topliss-reactive ketones (excluding diaryl/α,β-unsaturated/α-hetero) is 1. The Morgan fingerprint density at radius 2 is 1.85 bits per heavy atom. The SMILES string of the molecule is CCC1(CC)CCN(c2ccc(C(C)=O)cc2F)CC1. The second-order valence-corrected chi connectivity index (χ2v) is 5.92. The Morgan fingerprint density at radius 1 is 1.25 bits per heavy atom. The summed E-state index contributed by atoms with van der Waals surface area (Å²) in [6.45, 7) is 7.77. The van der Waals surface area contributed by atoms with Gasteiger partial charge in [-0.1, -0.05) is 26.7 Å². The minimum atomic E-state index is -0.279. The van der Waals surface area contributed by atoms with Crippen LogP contribution in [0.5, 0.6) is 0 Å². The minimum Gasteiger partial charge on any atom is -0.369 e. The fourth-order valence-corrected chi connectivity index (χ4v) is 3.16. The predicted molar refractivity (Wildman–Crippen MR) is 80.9 cm³/mol. The zero-order valence-electron chi connectivity index (χ0n) is 12.7. The Bertz CT molecular complexity index is 484. The van der Waals surface area contributed by atoms with Gasteiger partial charge in [0.25, 0.3) is 0 Å². The molecule has 0 aromatic heterocycles. The van der Waals surface area contributed by atoms with E-state index in [2.05, 4.69) is 18.7 Å². The van der Waals surface area contributed by atoms with Crippen molar-refractivity contribution in [2.24, 2.45) is 5.41 Å². The number of piperidine rings is 1. The van der Waals surface area contributed by atoms with E-state index in [-0.39, 0.29) is 11.6 Å². The van der Waals surface area contributed by atoms with Crippen molar-refractivity contribution in [3.05, 3.63) is 29.6 Å². The molecule has 1 aliphatic heterocycles. The normalized spacial score (nSPS) is 18.1. The molecule has 1 saturated heterocycles. The van der Waals surface area contributed by atoms with Crippen molar-refractivity contribution in [2.75, 3.05) is 18.0 Å². The second kappa shape index (κ2) is 5.94. The van der Waals surface area contributed by atoms with Crippen LogP contribution in [0.2, 0.25) is 0 Å². The minimum absolute atomic E-state index is 0.0925. The average molecular weight is 277 g/mol. The molecule has 2 nitrogen and oxygen atoms in total. The van der Waals surface area contributed by atoms with Crippen LogP contribution in [0, 0.1) is 11.2 Å². The molecule has 0 spiro atoms. The Kier molecular flexibility index (Phi) is 4.46. The van der Waals surface area contributed by atoms with Crippen LogP contribution in [0.4, 0.5) is 10.1 Å². The van der Waals surface area contributed by atoms with Crippen LogP contribution in [0.15, 0.2) is 18.2 Å². The van der Waals surface area contributed by atoms with Crippen molar-refractivity contribution in [3.63, 3.8) is 0 Å². The molecule has 1 heterocycles. The summed E-state index contributed by atoms with van der Waals surface area (Å²) in [5.41, 5.74) is 1.52. The van der Waals surface area contributed by atoms with Crippen LogP contribution < -0.4 is 4.90 Å². The molecule has 1 fully saturated rings. The number of nitrogens with zero attached hydrogens (tertiary/aromatic N) is 1. The van der Waals surface area contributed by atoms with Gasteiger partial charge in [0.05, 0.1) is 5.69 Å². The molecule has 0 bridgehead atoms. The number of halogens is 1. The maximum absolute atomic E-state index is 14.2. The lowest BCUT2D eigenvalue weighted by atomic mass is 9.74. The summed E-state index contributed by atoms with van der Waals surface area (Å²) >= 11 is 0. The molecule has 0 atom stereocenters. The molecule has 0 unspecified atom stereocenters. The summed E-state index contributed by atoms with van der Waals surface area (Å²) in [7, 11) is 0. The quantitative estimate of drug-likeness (QED) is 0.759. The van der Waals surface area contributed by atoms with Gasteiger partial charge in [-0.3, -0.25) is 4.79 Å². The zero-order chi connectivity index (χ0) is 14.8. The predicted octanol–water partition coefficient (Wildman–Crippen LogP) is 4.43. The largest absolute Gasteiger partial charge is 0.369 e. The second-order valence-electron chi connectivity index (χ2n) is 5.92. The van der Waals surface area contributed by atoms with Crippen LogP contribution >= 0.6 is 0 Å². The van der Waals surface area contributed by atoms with E-state index in [0.29, 0.717) is 16.7 Å². The van der Waals surface area contributed by atoms with Crippen molar-refractivity contribution in [1.82, 2.24) is 0 Å². The van der Waals surface area contributed by atoms with Gasteiger partial charge in [0.2, 0.25) is 0 Å². The molecular formula is C17H24FNO. The highest BCUT2D eigenvalue weighted by molar-refractivity contribution is 5.94. The van der Waals surface area contributed by atoms with Gasteiger partial charge < -0.3 is 4.90 Å². The highest BCUT2D eigenvalue weighted by Crippen LogP contribution is 2.39. The Morgan fingerprint density at radius 3 is 2.30 bits per heavy atom. The van der Waals surface area contributed by atoms with Crippen LogP contribution in [-0.2, 0) is 0 Å². The van der Waals surface area contributed by atoms with Crippen LogP contribution in [0.1, 0.15) is 56.8 Å². The molecule has 0 aliphatic carbocycles. The van der Waals surface area contributed by atoms with Gasteiger partial charge in [-0.15, -0.1) is 0 Å². The number of rotatable bonds is 4. The Labute approximate surface area is 121 Å². The summed E-state index contributed by atoms with van der Waals surface area (Å²) in [6, 6.07) is 4.83. The van der Waals surface area contributed by atoms with Gasteiger partial charge in [-0.25, -0.2) is 4.39 Å². The molecule has 20 heavy (non-hydrogen) atoms. The summed E-state index contributed by atoms with van der Waals surface area (Å²) in [5.74, 6) is -0.372. The smallest absolute Gasteiger partial charge is 0.159 e. The van der Waals surface area contributed by atoms with E-state index in [1.807, 2.05) is 0 Å². The van der Waals surface area contributed by atoms with Gasteiger partial charge in [-0.2, -0.15) is 0 Å². The molecule has 110 valence electrons. The average Bonchev–Trinajstić information content (AvgIpc) is 2.47. The monoisotopic (exact) mass is 277 g/mol. The maximum Gasteiger partial charge on any atom is 0.159 e. The van der Waals surface area contributed by atoms with E-state index < -0.39 is 0 Å². The third-order valence-corrected chi connectivity index (χ3v) is 5.02. The number of hydrogen-bond donors (Lipinski definition) is 0. The third-order valence-electron chi connectivity index (χ3n) is 5.02. The molecule has 3 heteroatoms. The Hall–Kier alpha value is -1.38. The third kappa shape index (κ3) is 2.87. The lowest BCUT2D eigenvalue weighted by Crippen LogP contribution is -2.40. The van der Waals surface area contributed by atoms with E-state index in [0.717, 1.165) is 25.9 Å². The highest BCUT2D eigenvalue weighted by Gasteiger charge is 2.31. The number of carbonyl (C=O) groups excluding carboxylic acids is 1. The lowest BCUT2D eigenvalue weighted by molar-refractivity contribution is 0.101. The van der Waals surface area contributed by atoms with Gasteiger partial charge in [0, 0.05) is 18.7 Å². The first-order chi connectivity index (χ1) is 9.51. The van der Waals surface area contributed by atoms with Crippen LogP contribution in [0.3, 0.4) is 0 Å². The van der Waals surface area contributed by atoms with Crippen molar-refractivity contribution < 1.29 is 9.18 Å². The standard InChI is InChI=1S/C17H24FNO/c1-4-17(5-2)8-10-19(11-9-17)16-7-6-14(13(3)20)12-15(16)18/h6-7,12H,4-5,8-11H2,1-3H3. The number of hydrogen-bond acceptors (Lipinski definition) is 2. The van der Waals surface area contributed by atoms with E-state index in [1.54, 1.807) is 12.1 Å². The number of anilines is 1. The molecule has 0 saturated carbocycles. The van der Waals surface area contributed by atoms with Crippen LogP contribution in [0.25, 0.3) is 0 Å². The van der Waals surface area contributed by atoms with Crippen molar-refractivity contribution in [3.8, 4) is 0 Å². The molecule has 1 aliphatic rings. The maximum atomic E-state index is 14.2. The van der Waals surface area contributed by atoms with E-state index in [4.69, 9.17) is 0 Å². The van der Waals surface area contributed by atoms with E-state index in [9.17, 15) is 9.18 Å². The summed E-state index contributed by atoms with van der Waals surface area (Å²) in [4.78, 5) is 13.4. The lowest BCUT2D eigenvalue weighted by Gasteiger charge is -2.42. The van der Waals surface area contributed by atoms with E-state index in [1.165, 1.54) is 25.8 Å². The summed E-state index contributed by atoms with van der Waals surface area (Å²) < 4.78 is 14.2. The fourth-order valence-electron chi connectivity index (χ4n) is 3.16. The van der Waals surface area contributed by atoms with Crippen molar-refractivity contribution >= 4 is 11.5 Å². The molecule has 1 aromatic carbocycles. The number of benzene rings is 1. The topological polar surface area (TPSA) is 20.3 Å². The first kappa shape index (κ1) is 15.0. The van der Waals surface area contributed by atoms with E-state index >= 15 is 0 Å². The Balaban J connectivity index is 2.13. The molecule has 1 aromatic rings. The van der Waals surface area contributed by atoms with Gasteiger partial charge in [0.1, 0.15) is 5.82 Å². The summed E-state index contributed by atoms with van der Waals surface area (Å²) in [6.07, 6.45) is 4.63. The zero-order valence-corrected chi connectivity index (χ0v) is 12.7. The van der Waals surface area contributed by atoms with Gasteiger partial charge >= 0.3 is 0 Å². The van der Waals surface area contributed by atoms with Gasteiger partial charge in [-0.05, 0) is 43.4 Å². The molecule has 0 N–H and O–H groups in total. The molecular weight excluding hydrogens is 253 g/mol. The highest BCUT2D eigenvalue weighted by atomic mass is 19.1. The van der Waals surface area contributed by atoms with Gasteiger partial charge in [0.15, 0.2) is 5.78 Å². The van der Waals surface area contributed by atoms with Crippen molar-refractivity contribution in [1.29, 1.82) is 0 Å². The fraction of sp³-hybridized carbons (Fsp3) is 0.588. The number of ketones is 1. The molecule has 2 rings (SSSR count). The van der Waals surface area contributed by atoms with Crippen LogP contribution in [-0.4, -0.2) is 18.9 Å². The molecule has 0 radical (unpaired) electrons. The molecule has 0 amide bonds. The van der Waals surface area contributed by atoms with Crippen molar-refractivity contribution in [2.45, 2.75) is 46.5 Å². The first-order valence-electron chi connectivity index (χ1n) is 7.57.